The molecule has 1 aliphatic rings. The van der Waals surface area contributed by atoms with Crippen LogP contribution in [0.1, 0.15) is 12.0 Å². The SMILES string of the molecule is CN(C)C(=O)CN=C(NCCCN1CCOCC1)N(C)Cc1ccc(Cl)c(Cl)c1. The minimum atomic E-state index is -0.0412. The summed E-state index contributed by atoms with van der Waals surface area (Å²) in [5.41, 5.74) is 1.02. The van der Waals surface area contributed by atoms with E-state index < -0.39 is 0 Å². The standard InChI is InChI=1S/C20H31Cl2N5O2/c1-25(2)19(28)14-24-20(23-7-4-8-27-9-11-29-12-10-27)26(3)15-16-5-6-17(21)18(22)13-16/h5-6,13H,4,7-12,14-15H2,1-3H3,(H,23,24). The number of hydrogen-bond donors (Lipinski definition) is 1. The summed E-state index contributed by atoms with van der Waals surface area (Å²) in [6.45, 7) is 6.06. The van der Waals surface area contributed by atoms with Crippen LogP contribution in [0.4, 0.5) is 0 Å². The van der Waals surface area contributed by atoms with Gasteiger partial charge in [0, 0.05) is 47.3 Å². The van der Waals surface area contributed by atoms with Gasteiger partial charge >= 0.3 is 0 Å². The highest BCUT2D eigenvalue weighted by molar-refractivity contribution is 6.42. The molecule has 1 amide bonds. The molecule has 0 atom stereocenters. The Morgan fingerprint density at radius 3 is 2.59 bits per heavy atom. The number of benzene rings is 1. The summed E-state index contributed by atoms with van der Waals surface area (Å²) in [5.74, 6) is 0.647. The van der Waals surface area contributed by atoms with Crippen molar-refractivity contribution in [2.75, 3.05) is 67.1 Å². The number of halogens is 2. The molecule has 0 unspecified atom stereocenters. The van der Waals surface area contributed by atoms with Crippen molar-refractivity contribution in [3.63, 3.8) is 0 Å². The van der Waals surface area contributed by atoms with Crippen molar-refractivity contribution in [1.82, 2.24) is 20.0 Å². The number of likely N-dealkylation sites (N-methyl/N-ethyl adjacent to an activating group) is 1. The first-order chi connectivity index (χ1) is 13.9. The maximum atomic E-state index is 12.0. The van der Waals surface area contributed by atoms with E-state index in [-0.39, 0.29) is 12.5 Å². The number of hydrogen-bond acceptors (Lipinski definition) is 4. The summed E-state index contributed by atoms with van der Waals surface area (Å²) >= 11 is 12.1. The van der Waals surface area contributed by atoms with Gasteiger partial charge in [0.1, 0.15) is 6.54 Å². The average Bonchev–Trinajstić information content (AvgIpc) is 2.70. The molecule has 0 radical (unpaired) electrons. The number of morpholine rings is 1. The second kappa shape index (κ2) is 12.2. The Labute approximate surface area is 183 Å². The summed E-state index contributed by atoms with van der Waals surface area (Å²) in [7, 11) is 5.40. The van der Waals surface area contributed by atoms with Gasteiger partial charge in [0.15, 0.2) is 5.96 Å². The van der Waals surface area contributed by atoms with E-state index in [4.69, 9.17) is 27.9 Å². The van der Waals surface area contributed by atoms with Gasteiger partial charge in [-0.05, 0) is 30.7 Å². The highest BCUT2D eigenvalue weighted by atomic mass is 35.5. The van der Waals surface area contributed by atoms with Gasteiger partial charge in [0.05, 0.1) is 23.3 Å². The van der Waals surface area contributed by atoms with E-state index in [1.165, 1.54) is 0 Å². The summed E-state index contributed by atoms with van der Waals surface area (Å²) in [5, 5.41) is 4.45. The zero-order valence-corrected chi connectivity index (χ0v) is 19.0. The van der Waals surface area contributed by atoms with Gasteiger partial charge in [-0.2, -0.15) is 0 Å². The molecule has 0 saturated carbocycles. The van der Waals surface area contributed by atoms with E-state index in [0.717, 1.165) is 51.4 Å². The van der Waals surface area contributed by atoms with Crippen molar-refractivity contribution in [3.8, 4) is 0 Å². The maximum Gasteiger partial charge on any atom is 0.243 e. The Morgan fingerprint density at radius 1 is 1.21 bits per heavy atom. The minimum absolute atomic E-state index is 0.0412. The summed E-state index contributed by atoms with van der Waals surface area (Å²) in [6, 6.07) is 5.57. The molecule has 0 aromatic heterocycles. The van der Waals surface area contributed by atoms with Crippen molar-refractivity contribution in [2.24, 2.45) is 4.99 Å². The van der Waals surface area contributed by atoms with Crippen LogP contribution < -0.4 is 5.32 Å². The fourth-order valence-corrected chi connectivity index (χ4v) is 3.23. The summed E-state index contributed by atoms with van der Waals surface area (Å²) in [6.07, 6.45) is 0.987. The normalized spacial score (nSPS) is 15.3. The molecule has 0 aliphatic carbocycles. The first-order valence-corrected chi connectivity index (χ1v) is 10.6. The fraction of sp³-hybridized carbons (Fsp3) is 0.600. The van der Waals surface area contributed by atoms with Crippen LogP contribution in [-0.2, 0) is 16.1 Å². The number of ether oxygens (including phenoxy) is 1. The Hall–Kier alpha value is -1.54. The number of aliphatic imine (C=N–C) groups is 1. The maximum absolute atomic E-state index is 12.0. The van der Waals surface area contributed by atoms with Gasteiger partial charge in [-0.1, -0.05) is 29.3 Å². The monoisotopic (exact) mass is 443 g/mol. The highest BCUT2D eigenvalue weighted by Crippen LogP contribution is 2.23. The van der Waals surface area contributed by atoms with E-state index >= 15 is 0 Å². The van der Waals surface area contributed by atoms with Gasteiger partial charge in [-0.3, -0.25) is 9.69 Å². The Balaban J connectivity index is 1.94. The number of carbonyl (C=O) groups is 1. The summed E-state index contributed by atoms with van der Waals surface area (Å²) < 4.78 is 5.39. The van der Waals surface area contributed by atoms with Gasteiger partial charge in [0.25, 0.3) is 0 Å². The molecule has 0 bridgehead atoms. The molecule has 7 nitrogen and oxygen atoms in total. The molecule has 1 aromatic carbocycles. The molecule has 1 aromatic rings. The van der Waals surface area contributed by atoms with Gasteiger partial charge in [-0.25, -0.2) is 4.99 Å². The van der Waals surface area contributed by atoms with Crippen LogP contribution in [-0.4, -0.2) is 93.6 Å². The molecular weight excluding hydrogens is 413 g/mol. The average molecular weight is 444 g/mol. The lowest BCUT2D eigenvalue weighted by Crippen LogP contribution is -2.42. The zero-order chi connectivity index (χ0) is 21.2. The molecular formula is C20H31Cl2N5O2. The zero-order valence-electron chi connectivity index (χ0n) is 17.5. The third-order valence-corrected chi connectivity index (χ3v) is 5.41. The largest absolute Gasteiger partial charge is 0.379 e. The molecule has 1 fully saturated rings. The third kappa shape index (κ3) is 8.38. The Kier molecular flexibility index (Phi) is 10.0. The second-order valence-electron chi connectivity index (χ2n) is 7.27. The second-order valence-corrected chi connectivity index (χ2v) is 8.08. The van der Waals surface area contributed by atoms with Crippen LogP contribution in [0.2, 0.25) is 10.0 Å². The minimum Gasteiger partial charge on any atom is -0.379 e. The van der Waals surface area contributed by atoms with Crippen molar-refractivity contribution in [3.05, 3.63) is 33.8 Å². The van der Waals surface area contributed by atoms with Crippen LogP contribution in [0.15, 0.2) is 23.2 Å². The molecule has 2 rings (SSSR count). The van der Waals surface area contributed by atoms with Crippen molar-refractivity contribution in [2.45, 2.75) is 13.0 Å². The van der Waals surface area contributed by atoms with E-state index in [2.05, 4.69) is 15.2 Å². The predicted octanol–water partition coefficient (Wildman–Crippen LogP) is 2.18. The van der Waals surface area contributed by atoms with Crippen molar-refractivity contribution < 1.29 is 9.53 Å². The quantitative estimate of drug-likeness (QED) is 0.379. The number of carbonyl (C=O) groups excluding carboxylic acids is 1. The smallest absolute Gasteiger partial charge is 0.243 e. The van der Waals surface area contributed by atoms with Crippen LogP contribution >= 0.6 is 23.2 Å². The molecule has 9 heteroatoms. The lowest BCUT2D eigenvalue weighted by Gasteiger charge is -2.27. The third-order valence-electron chi connectivity index (χ3n) is 4.67. The number of nitrogens with zero attached hydrogens (tertiary/aromatic N) is 4. The predicted molar refractivity (Wildman–Crippen MR) is 119 cm³/mol. The first-order valence-electron chi connectivity index (χ1n) is 9.80. The van der Waals surface area contributed by atoms with Crippen LogP contribution in [0.3, 0.4) is 0 Å². The van der Waals surface area contributed by atoms with Crippen molar-refractivity contribution >= 4 is 35.1 Å². The molecule has 1 aliphatic heterocycles. The van der Waals surface area contributed by atoms with E-state index in [0.29, 0.717) is 22.5 Å². The van der Waals surface area contributed by atoms with E-state index in [9.17, 15) is 4.79 Å². The first kappa shape index (κ1) is 23.7. The van der Waals surface area contributed by atoms with E-state index in [1.807, 2.05) is 24.1 Å². The molecule has 1 N–H and O–H groups in total. The Morgan fingerprint density at radius 2 is 1.93 bits per heavy atom. The van der Waals surface area contributed by atoms with Gasteiger partial charge in [0.2, 0.25) is 5.91 Å². The summed E-state index contributed by atoms with van der Waals surface area (Å²) in [4.78, 5) is 22.4. The lowest BCUT2D eigenvalue weighted by atomic mass is 10.2. The topological polar surface area (TPSA) is 60.4 Å². The van der Waals surface area contributed by atoms with E-state index in [1.54, 1.807) is 25.1 Å². The number of amides is 1. The number of guanidine groups is 1. The molecule has 29 heavy (non-hydrogen) atoms. The fourth-order valence-electron chi connectivity index (χ4n) is 2.91. The number of rotatable bonds is 8. The van der Waals surface area contributed by atoms with Gasteiger partial charge in [-0.15, -0.1) is 0 Å². The van der Waals surface area contributed by atoms with Crippen LogP contribution in [0.5, 0.6) is 0 Å². The van der Waals surface area contributed by atoms with Gasteiger partial charge < -0.3 is 19.9 Å². The van der Waals surface area contributed by atoms with Crippen LogP contribution in [0, 0.1) is 0 Å². The molecule has 1 saturated heterocycles. The van der Waals surface area contributed by atoms with Crippen LogP contribution in [0.25, 0.3) is 0 Å². The van der Waals surface area contributed by atoms with Crippen molar-refractivity contribution in [1.29, 1.82) is 0 Å². The highest BCUT2D eigenvalue weighted by Gasteiger charge is 2.12. The molecule has 1 heterocycles. The Bertz CT molecular complexity index is 693. The molecule has 162 valence electrons. The lowest BCUT2D eigenvalue weighted by molar-refractivity contribution is -0.127. The molecule has 0 spiro atoms. The number of nitrogens with one attached hydrogen (secondary N) is 1.